The number of hydrogen-bond donors (Lipinski definition) is 2. The van der Waals surface area contributed by atoms with E-state index in [4.69, 9.17) is 10.5 Å². The van der Waals surface area contributed by atoms with Gasteiger partial charge in [-0.3, -0.25) is 4.79 Å². The quantitative estimate of drug-likeness (QED) is 0.806. The van der Waals surface area contributed by atoms with Gasteiger partial charge in [0, 0.05) is 44.4 Å². The SMILES string of the molecule is NCC12CN(c3c(F)cc4c(=O)c(C(=O)O)cn(C5CC5)c4c3F)C[C@H]1CCO2. The van der Waals surface area contributed by atoms with Crippen LogP contribution in [0.2, 0.25) is 0 Å². The summed E-state index contributed by atoms with van der Waals surface area (Å²) in [6, 6.07) is 0.867. The Bertz CT molecular complexity index is 1100. The van der Waals surface area contributed by atoms with Crippen molar-refractivity contribution in [3.05, 3.63) is 39.7 Å². The third-order valence-electron chi connectivity index (χ3n) is 6.52. The number of rotatable bonds is 4. The number of aromatic carboxylic acids is 1. The first-order valence-corrected chi connectivity index (χ1v) is 9.75. The number of hydrogen-bond acceptors (Lipinski definition) is 5. The molecule has 3 N–H and O–H groups in total. The highest BCUT2D eigenvalue weighted by molar-refractivity contribution is 5.94. The second-order valence-corrected chi connectivity index (χ2v) is 8.22. The Balaban J connectivity index is 1.71. The first-order valence-electron chi connectivity index (χ1n) is 9.75. The van der Waals surface area contributed by atoms with Crippen LogP contribution in [0, 0.1) is 17.6 Å². The largest absolute Gasteiger partial charge is 0.477 e. The van der Waals surface area contributed by atoms with Crippen LogP contribution in [0.1, 0.15) is 35.7 Å². The number of carboxylic acid groups (broad SMARTS) is 1. The molecule has 2 saturated heterocycles. The molecule has 3 fully saturated rings. The van der Waals surface area contributed by atoms with Crippen molar-refractivity contribution in [1.82, 2.24) is 4.57 Å². The number of ether oxygens (including phenoxy) is 1. The predicted molar refractivity (Wildman–Crippen MR) is 101 cm³/mol. The molecule has 1 unspecified atom stereocenters. The molecule has 3 heterocycles. The summed E-state index contributed by atoms with van der Waals surface area (Å²) in [6.07, 6.45) is 3.45. The summed E-state index contributed by atoms with van der Waals surface area (Å²) in [7, 11) is 0. The Hall–Kier alpha value is -2.52. The van der Waals surface area contributed by atoms with Crippen molar-refractivity contribution in [3.63, 3.8) is 0 Å². The van der Waals surface area contributed by atoms with Crippen LogP contribution in [0.4, 0.5) is 14.5 Å². The lowest BCUT2D eigenvalue weighted by Crippen LogP contribution is -2.44. The molecule has 2 atom stereocenters. The molecule has 1 saturated carbocycles. The smallest absolute Gasteiger partial charge is 0.341 e. The van der Waals surface area contributed by atoms with Gasteiger partial charge in [-0.1, -0.05) is 0 Å². The molecular weight excluding hydrogens is 384 g/mol. The summed E-state index contributed by atoms with van der Waals surface area (Å²) in [5.74, 6) is -3.05. The minimum atomic E-state index is -1.41. The number of aromatic nitrogens is 1. The normalized spacial score (nSPS) is 26.3. The molecular formula is C20H21F2N3O4. The third kappa shape index (κ3) is 2.60. The lowest BCUT2D eigenvalue weighted by atomic mass is 9.91. The van der Waals surface area contributed by atoms with E-state index in [0.717, 1.165) is 25.3 Å². The number of fused-ring (bicyclic) bond motifs is 2. The van der Waals surface area contributed by atoms with Crippen LogP contribution in [-0.4, -0.2) is 47.5 Å². The first kappa shape index (κ1) is 18.5. The highest BCUT2D eigenvalue weighted by atomic mass is 19.1. The molecule has 1 aromatic carbocycles. The first-order chi connectivity index (χ1) is 13.9. The van der Waals surface area contributed by atoms with Crippen molar-refractivity contribution < 1.29 is 23.4 Å². The van der Waals surface area contributed by atoms with Gasteiger partial charge in [-0.2, -0.15) is 0 Å². The number of carboxylic acids is 1. The third-order valence-corrected chi connectivity index (χ3v) is 6.52. The zero-order valence-corrected chi connectivity index (χ0v) is 15.7. The van der Waals surface area contributed by atoms with Crippen molar-refractivity contribution in [3.8, 4) is 0 Å². The van der Waals surface area contributed by atoms with Crippen molar-refractivity contribution in [2.24, 2.45) is 11.7 Å². The summed E-state index contributed by atoms with van der Waals surface area (Å²) in [5.41, 5.74) is 3.68. The monoisotopic (exact) mass is 405 g/mol. The number of pyridine rings is 1. The van der Waals surface area contributed by atoms with Crippen LogP contribution in [-0.2, 0) is 4.74 Å². The van der Waals surface area contributed by atoms with E-state index in [-0.39, 0.29) is 41.6 Å². The Kier molecular flexibility index (Phi) is 3.98. The van der Waals surface area contributed by atoms with E-state index >= 15 is 8.78 Å². The molecule has 9 heteroatoms. The molecule has 7 nitrogen and oxygen atoms in total. The maximum Gasteiger partial charge on any atom is 0.341 e. The molecule has 3 aliphatic rings. The van der Waals surface area contributed by atoms with Crippen molar-refractivity contribution in [1.29, 1.82) is 0 Å². The van der Waals surface area contributed by atoms with Gasteiger partial charge >= 0.3 is 5.97 Å². The zero-order chi connectivity index (χ0) is 20.5. The number of nitrogens with two attached hydrogens (primary N) is 1. The van der Waals surface area contributed by atoms with Crippen LogP contribution in [0.25, 0.3) is 10.9 Å². The summed E-state index contributed by atoms with van der Waals surface area (Å²) in [5, 5.41) is 9.08. The molecule has 0 amide bonds. The minimum Gasteiger partial charge on any atom is -0.477 e. The standard InChI is InChI=1S/C20H21F2N3O4/c21-14-5-12-16(25(11-1-2-11)7-13(18(12)26)19(27)28)15(22)17(14)24-6-10-3-4-29-20(10,8-23)9-24/h5,7,10-11H,1-4,6,8-9,23H2,(H,27,28)/t10-,20?/m1/s1. The summed E-state index contributed by atoms with van der Waals surface area (Å²) in [4.78, 5) is 25.6. The minimum absolute atomic E-state index is 0.0429. The number of anilines is 1. The molecule has 154 valence electrons. The van der Waals surface area contributed by atoms with Crippen molar-refractivity contribution in [2.75, 3.05) is 31.1 Å². The molecule has 0 bridgehead atoms. The van der Waals surface area contributed by atoms with Gasteiger partial charge < -0.3 is 25.0 Å². The number of halogens is 2. The van der Waals surface area contributed by atoms with Gasteiger partial charge in [0.25, 0.3) is 0 Å². The van der Waals surface area contributed by atoms with Crippen LogP contribution >= 0.6 is 0 Å². The van der Waals surface area contributed by atoms with E-state index in [2.05, 4.69) is 0 Å². The van der Waals surface area contributed by atoms with Gasteiger partial charge in [-0.15, -0.1) is 0 Å². The van der Waals surface area contributed by atoms with E-state index in [9.17, 15) is 14.7 Å². The maximum atomic E-state index is 15.7. The van der Waals surface area contributed by atoms with E-state index in [0.29, 0.717) is 13.2 Å². The van der Waals surface area contributed by atoms with E-state index in [1.165, 1.54) is 10.8 Å². The molecule has 29 heavy (non-hydrogen) atoms. The van der Waals surface area contributed by atoms with Gasteiger partial charge in [-0.25, -0.2) is 13.6 Å². The Morgan fingerprint density at radius 2 is 2.10 bits per heavy atom. The average molecular weight is 405 g/mol. The molecule has 1 aliphatic carbocycles. The molecule has 5 rings (SSSR count). The highest BCUT2D eigenvalue weighted by Crippen LogP contribution is 2.44. The maximum absolute atomic E-state index is 15.7. The van der Waals surface area contributed by atoms with Crippen LogP contribution in [0.15, 0.2) is 17.1 Å². The Morgan fingerprint density at radius 1 is 1.34 bits per heavy atom. The lowest BCUT2D eigenvalue weighted by Gasteiger charge is -2.27. The predicted octanol–water partition coefficient (Wildman–Crippen LogP) is 1.87. The van der Waals surface area contributed by atoms with Gasteiger partial charge in [0.2, 0.25) is 5.43 Å². The zero-order valence-electron chi connectivity index (χ0n) is 15.7. The number of nitrogens with zero attached hydrogens (tertiary/aromatic N) is 2. The summed E-state index contributed by atoms with van der Waals surface area (Å²) in [6.45, 7) is 1.53. The molecule has 0 spiro atoms. The van der Waals surface area contributed by atoms with Crippen LogP contribution in [0.3, 0.4) is 0 Å². The molecule has 2 aliphatic heterocycles. The number of benzene rings is 1. The van der Waals surface area contributed by atoms with Gasteiger partial charge in [0.05, 0.1) is 10.9 Å². The summed E-state index contributed by atoms with van der Waals surface area (Å²) >= 11 is 0. The van der Waals surface area contributed by atoms with Crippen LogP contribution < -0.4 is 16.1 Å². The fraction of sp³-hybridized carbons (Fsp3) is 0.500. The van der Waals surface area contributed by atoms with Gasteiger partial charge in [-0.05, 0) is 25.3 Å². The lowest BCUT2D eigenvalue weighted by molar-refractivity contribution is 0.0126. The highest BCUT2D eigenvalue weighted by Gasteiger charge is 2.51. The van der Waals surface area contributed by atoms with Gasteiger partial charge in [0.1, 0.15) is 22.7 Å². The van der Waals surface area contributed by atoms with E-state index < -0.39 is 34.2 Å². The average Bonchev–Trinajstić information content (AvgIpc) is 3.34. The van der Waals surface area contributed by atoms with Crippen LogP contribution in [0.5, 0.6) is 0 Å². The topological polar surface area (TPSA) is 97.8 Å². The molecule has 0 radical (unpaired) electrons. The Labute approximate surface area is 164 Å². The fourth-order valence-electron chi connectivity index (χ4n) is 4.85. The summed E-state index contributed by atoms with van der Waals surface area (Å²) < 4.78 is 38.0. The molecule has 2 aromatic rings. The second kappa shape index (κ2) is 6.24. The van der Waals surface area contributed by atoms with E-state index in [1.54, 1.807) is 4.90 Å². The van der Waals surface area contributed by atoms with Crippen molar-refractivity contribution in [2.45, 2.75) is 30.9 Å². The van der Waals surface area contributed by atoms with E-state index in [1.807, 2.05) is 0 Å². The van der Waals surface area contributed by atoms with Gasteiger partial charge in [0.15, 0.2) is 5.82 Å². The fourth-order valence-corrected chi connectivity index (χ4v) is 4.85. The Morgan fingerprint density at radius 3 is 2.72 bits per heavy atom. The second-order valence-electron chi connectivity index (χ2n) is 8.22. The number of carbonyl (C=O) groups is 1. The van der Waals surface area contributed by atoms with Crippen molar-refractivity contribution >= 4 is 22.6 Å². The molecule has 1 aromatic heterocycles.